The van der Waals surface area contributed by atoms with Gasteiger partial charge in [-0.15, -0.1) is 0 Å². The first-order valence-electron chi connectivity index (χ1n) is 8.71. The van der Waals surface area contributed by atoms with Crippen molar-refractivity contribution in [3.05, 3.63) is 59.3 Å². The molecule has 0 aliphatic rings. The molecular formula is C20H28N4O. The van der Waals surface area contributed by atoms with Crippen LogP contribution in [0.1, 0.15) is 36.5 Å². The van der Waals surface area contributed by atoms with E-state index in [4.69, 9.17) is 4.74 Å². The van der Waals surface area contributed by atoms with E-state index in [0.717, 1.165) is 18.1 Å². The number of nitrogens with zero attached hydrogens (tertiary/aromatic N) is 2. The zero-order valence-corrected chi connectivity index (χ0v) is 15.5. The largest absolute Gasteiger partial charge is 0.478 e. The van der Waals surface area contributed by atoms with Crippen LogP contribution < -0.4 is 15.4 Å². The third kappa shape index (κ3) is 5.78. The fourth-order valence-corrected chi connectivity index (χ4v) is 2.49. The van der Waals surface area contributed by atoms with E-state index in [1.807, 2.05) is 19.1 Å². The molecule has 0 fully saturated rings. The van der Waals surface area contributed by atoms with Crippen LogP contribution in [0, 0.1) is 6.92 Å². The smallest absolute Gasteiger partial charge is 0.218 e. The maximum Gasteiger partial charge on any atom is 0.218 e. The number of aromatic nitrogens is 1. The Bertz CT molecular complexity index is 682. The number of benzene rings is 1. The molecule has 0 spiro atoms. The molecule has 0 bridgehead atoms. The van der Waals surface area contributed by atoms with Crippen LogP contribution in [0.25, 0.3) is 0 Å². The summed E-state index contributed by atoms with van der Waals surface area (Å²) in [5.41, 5.74) is 3.61. The molecule has 2 N–H and O–H groups in total. The molecule has 1 atom stereocenters. The van der Waals surface area contributed by atoms with E-state index in [-0.39, 0.29) is 0 Å². The number of rotatable bonds is 7. The monoisotopic (exact) mass is 340 g/mol. The van der Waals surface area contributed by atoms with Gasteiger partial charge in [0.15, 0.2) is 5.96 Å². The predicted octanol–water partition coefficient (Wildman–Crippen LogP) is 3.26. The molecule has 1 aromatic carbocycles. The van der Waals surface area contributed by atoms with E-state index in [1.165, 1.54) is 11.1 Å². The topological polar surface area (TPSA) is 58.5 Å². The summed E-state index contributed by atoms with van der Waals surface area (Å²) in [5.74, 6) is 1.84. The highest BCUT2D eigenvalue weighted by atomic mass is 16.5. The van der Waals surface area contributed by atoms with Crippen molar-refractivity contribution in [3.63, 3.8) is 0 Å². The van der Waals surface area contributed by atoms with Gasteiger partial charge < -0.3 is 15.4 Å². The number of aliphatic imine (C=N–C) groups is 1. The number of guanidine groups is 1. The van der Waals surface area contributed by atoms with E-state index in [1.54, 1.807) is 13.2 Å². The summed E-state index contributed by atoms with van der Waals surface area (Å²) in [6.07, 6.45) is 1.74. The maximum atomic E-state index is 5.56. The molecule has 0 aliphatic heterocycles. The van der Waals surface area contributed by atoms with Gasteiger partial charge in [0, 0.05) is 31.9 Å². The molecule has 0 aliphatic carbocycles. The minimum absolute atomic E-state index is 0.400. The van der Waals surface area contributed by atoms with E-state index in [2.05, 4.69) is 58.7 Å². The molecule has 0 radical (unpaired) electrons. The number of pyridine rings is 1. The van der Waals surface area contributed by atoms with Crippen LogP contribution in [0.15, 0.2) is 47.6 Å². The van der Waals surface area contributed by atoms with Gasteiger partial charge in [-0.05, 0) is 31.4 Å². The fraction of sp³-hybridized carbons (Fsp3) is 0.400. The Labute approximate surface area is 150 Å². The van der Waals surface area contributed by atoms with Crippen LogP contribution in [0.4, 0.5) is 0 Å². The summed E-state index contributed by atoms with van der Waals surface area (Å²) in [4.78, 5) is 8.56. The zero-order valence-electron chi connectivity index (χ0n) is 15.5. The maximum absolute atomic E-state index is 5.56. The van der Waals surface area contributed by atoms with Crippen LogP contribution in [-0.2, 0) is 6.54 Å². The summed E-state index contributed by atoms with van der Waals surface area (Å²) >= 11 is 0. The second kappa shape index (κ2) is 9.67. The lowest BCUT2D eigenvalue weighted by Gasteiger charge is -2.17. The minimum Gasteiger partial charge on any atom is -0.478 e. The Balaban J connectivity index is 1.88. The SMILES string of the molecule is CCOc1ncccc1CNC(=NC)NCC(C)c1ccc(C)cc1. The van der Waals surface area contributed by atoms with Crippen molar-refractivity contribution in [1.82, 2.24) is 15.6 Å². The Morgan fingerprint density at radius 1 is 1.20 bits per heavy atom. The zero-order chi connectivity index (χ0) is 18.1. The molecule has 134 valence electrons. The summed E-state index contributed by atoms with van der Waals surface area (Å²) in [5, 5.41) is 6.70. The van der Waals surface area contributed by atoms with Crippen molar-refractivity contribution < 1.29 is 4.74 Å². The molecule has 0 saturated carbocycles. The minimum atomic E-state index is 0.400. The summed E-state index contributed by atoms with van der Waals surface area (Å²) < 4.78 is 5.56. The van der Waals surface area contributed by atoms with Gasteiger partial charge in [-0.1, -0.05) is 42.8 Å². The molecule has 25 heavy (non-hydrogen) atoms. The normalized spacial score (nSPS) is 12.6. The molecular weight excluding hydrogens is 312 g/mol. The van der Waals surface area contributed by atoms with Crippen LogP contribution >= 0.6 is 0 Å². The summed E-state index contributed by atoms with van der Waals surface area (Å²) in [7, 11) is 1.78. The Morgan fingerprint density at radius 3 is 2.64 bits per heavy atom. The summed E-state index contributed by atoms with van der Waals surface area (Å²) in [6, 6.07) is 12.6. The third-order valence-electron chi connectivity index (χ3n) is 4.02. The van der Waals surface area contributed by atoms with Gasteiger partial charge in [0.25, 0.3) is 0 Å². The Morgan fingerprint density at radius 2 is 1.96 bits per heavy atom. The molecule has 1 heterocycles. The Kier molecular flexibility index (Phi) is 7.26. The van der Waals surface area contributed by atoms with Gasteiger partial charge in [0.2, 0.25) is 5.88 Å². The van der Waals surface area contributed by atoms with Crippen molar-refractivity contribution in [1.29, 1.82) is 0 Å². The number of ether oxygens (including phenoxy) is 1. The highest BCUT2D eigenvalue weighted by molar-refractivity contribution is 5.79. The third-order valence-corrected chi connectivity index (χ3v) is 4.02. The Hall–Kier alpha value is -2.56. The second-order valence-corrected chi connectivity index (χ2v) is 6.02. The standard InChI is InChI=1S/C20H28N4O/c1-5-25-19-18(7-6-12-22-19)14-24-20(21-4)23-13-16(3)17-10-8-15(2)9-11-17/h6-12,16H,5,13-14H2,1-4H3,(H2,21,23,24). The summed E-state index contributed by atoms with van der Waals surface area (Å²) in [6.45, 7) is 8.30. The van der Waals surface area contributed by atoms with Crippen molar-refractivity contribution in [2.24, 2.45) is 4.99 Å². The van der Waals surface area contributed by atoms with Crippen LogP contribution in [0.3, 0.4) is 0 Å². The molecule has 2 aromatic rings. The lowest BCUT2D eigenvalue weighted by Crippen LogP contribution is -2.38. The van der Waals surface area contributed by atoms with Gasteiger partial charge in [-0.3, -0.25) is 4.99 Å². The number of hydrogen-bond acceptors (Lipinski definition) is 3. The van der Waals surface area contributed by atoms with Gasteiger partial charge in [0.1, 0.15) is 0 Å². The van der Waals surface area contributed by atoms with Gasteiger partial charge in [0.05, 0.1) is 6.61 Å². The first-order chi connectivity index (χ1) is 12.1. The molecule has 0 amide bonds. The molecule has 5 heteroatoms. The lowest BCUT2D eigenvalue weighted by molar-refractivity contribution is 0.322. The van der Waals surface area contributed by atoms with Gasteiger partial charge in [-0.2, -0.15) is 0 Å². The first-order valence-corrected chi connectivity index (χ1v) is 8.71. The fourth-order valence-electron chi connectivity index (χ4n) is 2.49. The van der Waals surface area contributed by atoms with E-state index in [0.29, 0.717) is 24.9 Å². The van der Waals surface area contributed by atoms with Crippen LogP contribution in [0.2, 0.25) is 0 Å². The van der Waals surface area contributed by atoms with Gasteiger partial charge >= 0.3 is 0 Å². The number of nitrogens with one attached hydrogen (secondary N) is 2. The highest BCUT2D eigenvalue weighted by Crippen LogP contribution is 2.15. The predicted molar refractivity (Wildman–Crippen MR) is 103 cm³/mol. The number of hydrogen-bond donors (Lipinski definition) is 2. The van der Waals surface area contributed by atoms with Crippen LogP contribution in [0.5, 0.6) is 5.88 Å². The average Bonchev–Trinajstić information content (AvgIpc) is 2.63. The first kappa shape index (κ1) is 18.8. The molecule has 1 aromatic heterocycles. The van der Waals surface area contributed by atoms with E-state index >= 15 is 0 Å². The van der Waals surface area contributed by atoms with Crippen molar-refractivity contribution in [2.75, 3.05) is 20.2 Å². The van der Waals surface area contributed by atoms with Crippen molar-refractivity contribution in [2.45, 2.75) is 33.2 Å². The average molecular weight is 340 g/mol. The van der Waals surface area contributed by atoms with E-state index < -0.39 is 0 Å². The number of aryl methyl sites for hydroxylation is 1. The molecule has 5 nitrogen and oxygen atoms in total. The van der Waals surface area contributed by atoms with Gasteiger partial charge in [-0.25, -0.2) is 4.98 Å². The molecule has 2 rings (SSSR count). The van der Waals surface area contributed by atoms with Crippen molar-refractivity contribution >= 4 is 5.96 Å². The lowest BCUT2D eigenvalue weighted by atomic mass is 10.0. The highest BCUT2D eigenvalue weighted by Gasteiger charge is 2.08. The quantitative estimate of drug-likeness (QED) is 0.600. The van der Waals surface area contributed by atoms with E-state index in [9.17, 15) is 0 Å². The molecule has 1 unspecified atom stereocenters. The van der Waals surface area contributed by atoms with Crippen molar-refractivity contribution in [3.8, 4) is 5.88 Å². The molecule has 0 saturated heterocycles. The second-order valence-electron chi connectivity index (χ2n) is 6.02. The van der Waals surface area contributed by atoms with Crippen LogP contribution in [-0.4, -0.2) is 31.1 Å².